The third-order valence-electron chi connectivity index (χ3n) is 4.66. The van der Waals surface area contributed by atoms with Gasteiger partial charge in [-0.3, -0.25) is 9.59 Å². The van der Waals surface area contributed by atoms with E-state index in [1.807, 2.05) is 30.3 Å². The number of nitrogens with two attached hydrogens (primary N) is 1. The number of aliphatic carboxylic acids is 1. The highest BCUT2D eigenvalue weighted by atomic mass is 16.5. The molecule has 3 N–H and O–H groups in total. The number of ketones is 1. The number of rotatable bonds is 7. The summed E-state index contributed by atoms with van der Waals surface area (Å²) in [6.07, 6.45) is -0.713. The Kier molecular flexibility index (Phi) is 5.36. The number of benzene rings is 1. The number of ether oxygens (including phenoxy) is 1. The number of primary amides is 1. The van der Waals surface area contributed by atoms with Crippen molar-refractivity contribution < 1.29 is 24.2 Å². The fourth-order valence-electron chi connectivity index (χ4n) is 3.23. The van der Waals surface area contributed by atoms with E-state index in [0.717, 1.165) is 5.56 Å². The molecule has 1 unspecified atom stereocenters. The van der Waals surface area contributed by atoms with Crippen LogP contribution in [0.15, 0.2) is 36.4 Å². The van der Waals surface area contributed by atoms with Crippen molar-refractivity contribution in [1.82, 2.24) is 9.61 Å². The predicted molar refractivity (Wildman–Crippen MR) is 105 cm³/mol. The van der Waals surface area contributed by atoms with Crippen molar-refractivity contribution >= 4 is 23.2 Å². The number of fused-ring (bicyclic) bond motifs is 1. The van der Waals surface area contributed by atoms with Crippen LogP contribution in [0.3, 0.4) is 0 Å². The lowest BCUT2D eigenvalue weighted by Gasteiger charge is -2.14. The first-order valence-electron chi connectivity index (χ1n) is 9.00. The van der Waals surface area contributed by atoms with Crippen LogP contribution >= 0.6 is 0 Å². The molecule has 2 aromatic heterocycles. The van der Waals surface area contributed by atoms with Gasteiger partial charge in [-0.05, 0) is 31.9 Å². The Balaban J connectivity index is 2.30. The summed E-state index contributed by atoms with van der Waals surface area (Å²) in [6.45, 7) is 4.82. The summed E-state index contributed by atoms with van der Waals surface area (Å²) in [5.41, 5.74) is 8.35. The van der Waals surface area contributed by atoms with E-state index in [-0.39, 0.29) is 16.8 Å². The van der Waals surface area contributed by atoms with E-state index in [4.69, 9.17) is 10.5 Å². The van der Waals surface area contributed by atoms with E-state index in [1.165, 1.54) is 17.5 Å². The monoisotopic (exact) mass is 395 g/mol. The predicted octanol–water partition coefficient (Wildman–Crippen LogP) is 2.06. The van der Waals surface area contributed by atoms with Crippen molar-refractivity contribution in [2.45, 2.75) is 33.3 Å². The zero-order valence-electron chi connectivity index (χ0n) is 16.3. The second-order valence-corrected chi connectivity index (χ2v) is 6.81. The smallest absolute Gasteiger partial charge is 0.344 e. The van der Waals surface area contributed by atoms with Crippen LogP contribution in [0.4, 0.5) is 0 Å². The third-order valence-corrected chi connectivity index (χ3v) is 4.66. The zero-order chi connectivity index (χ0) is 21.3. The van der Waals surface area contributed by atoms with Gasteiger partial charge in [-0.25, -0.2) is 9.31 Å². The molecule has 1 amide bonds. The van der Waals surface area contributed by atoms with Crippen LogP contribution in [-0.4, -0.2) is 38.5 Å². The minimum absolute atomic E-state index is 0.0727. The molecule has 0 aliphatic rings. The second kappa shape index (κ2) is 7.75. The van der Waals surface area contributed by atoms with Gasteiger partial charge in [0.2, 0.25) is 0 Å². The number of amides is 1. The Morgan fingerprint density at radius 1 is 1.21 bits per heavy atom. The quantitative estimate of drug-likeness (QED) is 0.466. The molecule has 1 atom stereocenters. The van der Waals surface area contributed by atoms with Crippen molar-refractivity contribution in [3.05, 3.63) is 64.5 Å². The maximum absolute atomic E-state index is 12.6. The van der Waals surface area contributed by atoms with Crippen LogP contribution in [0.25, 0.3) is 5.52 Å². The number of aromatic nitrogens is 2. The van der Waals surface area contributed by atoms with E-state index in [2.05, 4.69) is 5.10 Å². The van der Waals surface area contributed by atoms with Crippen molar-refractivity contribution in [3.8, 4) is 5.75 Å². The number of carboxylic acid groups (broad SMARTS) is 1. The molecule has 0 aliphatic heterocycles. The molecule has 0 aliphatic carbocycles. The molecule has 2 heterocycles. The van der Waals surface area contributed by atoms with E-state index >= 15 is 0 Å². The summed E-state index contributed by atoms with van der Waals surface area (Å²) in [5, 5.41) is 13.7. The molecule has 0 spiro atoms. The van der Waals surface area contributed by atoms with Crippen LogP contribution in [0, 0.1) is 13.8 Å². The Hall–Kier alpha value is -3.68. The number of nitrogens with zero attached hydrogens (tertiary/aromatic N) is 2. The van der Waals surface area contributed by atoms with Gasteiger partial charge >= 0.3 is 5.97 Å². The topological polar surface area (TPSA) is 124 Å². The van der Waals surface area contributed by atoms with Gasteiger partial charge in [-0.2, -0.15) is 5.10 Å². The van der Waals surface area contributed by atoms with Crippen LogP contribution in [0.1, 0.15) is 39.8 Å². The summed E-state index contributed by atoms with van der Waals surface area (Å²) in [7, 11) is 0. The normalized spacial score (nSPS) is 12.0. The van der Waals surface area contributed by atoms with E-state index in [0.29, 0.717) is 23.4 Å². The molecule has 8 heteroatoms. The van der Waals surface area contributed by atoms with Crippen molar-refractivity contribution in [2.75, 3.05) is 0 Å². The standard InChI is InChI=1S/C21H21N3O5/c1-11-9-16(29-13(3)21(27)28)18-17(19(25)20(22)26)12(2)15(24(18)23-11)10-14-7-5-4-6-8-14/h4-9,13H,10H2,1-3H3,(H2,22,26)(H,27,28). The van der Waals surface area contributed by atoms with Crippen LogP contribution in [0.5, 0.6) is 5.75 Å². The lowest BCUT2D eigenvalue weighted by atomic mass is 10.0. The number of carbonyl (C=O) groups is 3. The van der Waals surface area contributed by atoms with E-state index < -0.39 is 23.8 Å². The molecule has 150 valence electrons. The van der Waals surface area contributed by atoms with Crippen LogP contribution in [-0.2, 0) is 16.0 Å². The van der Waals surface area contributed by atoms with Crippen molar-refractivity contribution in [3.63, 3.8) is 0 Å². The maximum atomic E-state index is 12.6. The van der Waals surface area contributed by atoms with Gasteiger partial charge in [0.15, 0.2) is 6.10 Å². The van der Waals surface area contributed by atoms with Gasteiger partial charge in [0.05, 0.1) is 17.0 Å². The Morgan fingerprint density at radius 2 is 1.86 bits per heavy atom. The molecule has 3 aromatic rings. The number of hydrogen-bond acceptors (Lipinski definition) is 5. The Labute approximate surface area is 166 Å². The number of hydrogen-bond donors (Lipinski definition) is 2. The van der Waals surface area contributed by atoms with Crippen molar-refractivity contribution in [1.29, 1.82) is 0 Å². The molecule has 3 rings (SSSR count). The lowest BCUT2D eigenvalue weighted by molar-refractivity contribution is -0.144. The van der Waals surface area contributed by atoms with Gasteiger partial charge in [0.25, 0.3) is 11.7 Å². The summed E-state index contributed by atoms with van der Waals surface area (Å²) in [5.74, 6) is -2.99. The number of carboxylic acids is 1. The van der Waals surface area contributed by atoms with Gasteiger partial charge in [-0.1, -0.05) is 30.3 Å². The van der Waals surface area contributed by atoms with E-state index in [9.17, 15) is 19.5 Å². The highest BCUT2D eigenvalue weighted by Crippen LogP contribution is 2.32. The highest BCUT2D eigenvalue weighted by Gasteiger charge is 2.28. The molecule has 0 saturated carbocycles. The minimum Gasteiger partial charge on any atom is -0.479 e. The van der Waals surface area contributed by atoms with Gasteiger partial charge in [0, 0.05) is 12.5 Å². The molecule has 1 aromatic carbocycles. The third kappa shape index (κ3) is 3.82. The SMILES string of the molecule is Cc1cc(OC(C)C(=O)O)c2c(C(=O)C(N)=O)c(C)c(Cc3ccccc3)n2n1. The van der Waals surface area contributed by atoms with Crippen molar-refractivity contribution in [2.24, 2.45) is 5.73 Å². The molecule has 0 bridgehead atoms. The molecule has 0 fully saturated rings. The molecule has 0 saturated heterocycles. The Morgan fingerprint density at radius 3 is 2.45 bits per heavy atom. The lowest BCUT2D eigenvalue weighted by Crippen LogP contribution is -2.25. The highest BCUT2D eigenvalue weighted by molar-refractivity contribution is 6.44. The van der Waals surface area contributed by atoms with Crippen LogP contribution in [0.2, 0.25) is 0 Å². The number of aryl methyl sites for hydroxylation is 1. The first-order valence-corrected chi connectivity index (χ1v) is 9.00. The van der Waals surface area contributed by atoms with Crippen LogP contribution < -0.4 is 10.5 Å². The van der Waals surface area contributed by atoms with Gasteiger partial charge < -0.3 is 15.6 Å². The summed E-state index contributed by atoms with van der Waals surface area (Å²) < 4.78 is 7.13. The maximum Gasteiger partial charge on any atom is 0.344 e. The largest absolute Gasteiger partial charge is 0.479 e. The first-order chi connectivity index (χ1) is 13.7. The number of carbonyl (C=O) groups excluding carboxylic acids is 2. The van der Waals surface area contributed by atoms with Gasteiger partial charge in [0.1, 0.15) is 11.3 Å². The molecule has 29 heavy (non-hydrogen) atoms. The average molecular weight is 395 g/mol. The fraction of sp³-hybridized carbons (Fsp3) is 0.238. The average Bonchev–Trinajstić information content (AvgIpc) is 2.93. The minimum atomic E-state index is -1.16. The van der Waals surface area contributed by atoms with Gasteiger partial charge in [-0.15, -0.1) is 0 Å². The summed E-state index contributed by atoms with van der Waals surface area (Å²) in [6, 6.07) is 11.1. The number of Topliss-reactive ketones (excluding diaryl/α,β-unsaturated/α-hetero) is 1. The summed E-state index contributed by atoms with van der Waals surface area (Å²) >= 11 is 0. The Bertz CT molecular complexity index is 1120. The first kappa shape index (κ1) is 20.1. The van der Waals surface area contributed by atoms with E-state index in [1.54, 1.807) is 13.8 Å². The molecular formula is C21H21N3O5. The fourth-order valence-corrected chi connectivity index (χ4v) is 3.23. The second-order valence-electron chi connectivity index (χ2n) is 6.81. The molecule has 0 radical (unpaired) electrons. The molecule has 8 nitrogen and oxygen atoms in total. The molecular weight excluding hydrogens is 374 g/mol. The zero-order valence-corrected chi connectivity index (χ0v) is 16.3. The summed E-state index contributed by atoms with van der Waals surface area (Å²) in [4.78, 5) is 35.6.